The fourth-order valence-corrected chi connectivity index (χ4v) is 2.29. The molecule has 0 saturated carbocycles. The lowest BCUT2D eigenvalue weighted by atomic mass is 10.1. The van der Waals surface area contributed by atoms with Crippen molar-refractivity contribution in [3.05, 3.63) is 71.3 Å². The number of carbonyl (C=O) groups is 2. The third kappa shape index (κ3) is 3.01. The molecule has 0 aromatic heterocycles. The number of rotatable bonds is 2. The predicted molar refractivity (Wildman–Crippen MR) is 81.5 cm³/mol. The van der Waals surface area contributed by atoms with Crippen molar-refractivity contribution in [2.24, 2.45) is 0 Å². The standard InChI is InChI=1S/C17H11F3N2O2/c18-17(19,20)12-6-4-5-11(9-12)10-14-15(23)21-22(16(14)24)13-7-2-1-3-8-13/h1-10H,(H,21,23). The average Bonchev–Trinajstić information content (AvgIpc) is 2.83. The van der Waals surface area contributed by atoms with Gasteiger partial charge in [0.2, 0.25) is 0 Å². The molecule has 7 heteroatoms. The summed E-state index contributed by atoms with van der Waals surface area (Å²) in [5.41, 5.74) is 1.91. The summed E-state index contributed by atoms with van der Waals surface area (Å²) in [6.45, 7) is 0. The van der Waals surface area contributed by atoms with Crippen LogP contribution in [0.2, 0.25) is 0 Å². The van der Waals surface area contributed by atoms with Crippen LogP contribution in [-0.4, -0.2) is 11.8 Å². The normalized spacial score (nSPS) is 16.6. The second-order valence-electron chi connectivity index (χ2n) is 5.10. The Labute approximate surface area is 135 Å². The van der Waals surface area contributed by atoms with E-state index in [4.69, 9.17) is 0 Å². The molecule has 1 N–H and O–H groups in total. The number of nitrogens with one attached hydrogen (secondary N) is 1. The zero-order chi connectivity index (χ0) is 17.3. The van der Waals surface area contributed by atoms with Gasteiger partial charge in [0, 0.05) is 0 Å². The maximum absolute atomic E-state index is 12.7. The highest BCUT2D eigenvalue weighted by molar-refractivity contribution is 6.31. The van der Waals surface area contributed by atoms with Gasteiger partial charge in [-0.05, 0) is 35.9 Å². The fraction of sp³-hybridized carbons (Fsp3) is 0.0588. The molecule has 4 nitrogen and oxygen atoms in total. The van der Waals surface area contributed by atoms with Crippen molar-refractivity contribution >= 4 is 23.6 Å². The summed E-state index contributed by atoms with van der Waals surface area (Å²) < 4.78 is 38.2. The van der Waals surface area contributed by atoms with Crippen molar-refractivity contribution in [3.63, 3.8) is 0 Å². The third-order valence-corrected chi connectivity index (χ3v) is 3.43. The number of halogens is 3. The molecular formula is C17H11F3N2O2. The van der Waals surface area contributed by atoms with E-state index in [1.54, 1.807) is 30.3 Å². The van der Waals surface area contributed by atoms with Gasteiger partial charge in [0.1, 0.15) is 5.57 Å². The summed E-state index contributed by atoms with van der Waals surface area (Å²) in [4.78, 5) is 24.3. The van der Waals surface area contributed by atoms with E-state index >= 15 is 0 Å². The number of carbonyl (C=O) groups excluding carboxylic acids is 2. The molecule has 0 spiro atoms. The molecule has 0 unspecified atom stereocenters. The molecule has 122 valence electrons. The Morgan fingerprint density at radius 3 is 2.33 bits per heavy atom. The Morgan fingerprint density at radius 1 is 0.958 bits per heavy atom. The maximum Gasteiger partial charge on any atom is 0.416 e. The minimum atomic E-state index is -4.49. The molecule has 0 radical (unpaired) electrons. The SMILES string of the molecule is O=C1NN(c2ccccc2)C(=O)C1=Cc1cccc(C(F)(F)F)c1. The molecule has 24 heavy (non-hydrogen) atoms. The van der Waals surface area contributed by atoms with Gasteiger partial charge >= 0.3 is 6.18 Å². The van der Waals surface area contributed by atoms with Gasteiger partial charge in [-0.15, -0.1) is 0 Å². The van der Waals surface area contributed by atoms with Crippen LogP contribution >= 0.6 is 0 Å². The summed E-state index contributed by atoms with van der Waals surface area (Å²) >= 11 is 0. The number of alkyl halides is 3. The lowest BCUT2D eigenvalue weighted by molar-refractivity contribution is -0.137. The van der Waals surface area contributed by atoms with Gasteiger partial charge in [0.15, 0.2) is 0 Å². The van der Waals surface area contributed by atoms with Crippen molar-refractivity contribution in [2.75, 3.05) is 5.01 Å². The van der Waals surface area contributed by atoms with E-state index in [2.05, 4.69) is 5.43 Å². The fourth-order valence-electron chi connectivity index (χ4n) is 2.29. The Bertz CT molecular complexity index is 829. The molecular weight excluding hydrogens is 321 g/mol. The zero-order valence-electron chi connectivity index (χ0n) is 12.2. The Morgan fingerprint density at radius 2 is 1.67 bits per heavy atom. The second-order valence-corrected chi connectivity index (χ2v) is 5.10. The topological polar surface area (TPSA) is 49.4 Å². The Kier molecular flexibility index (Phi) is 3.84. The lowest BCUT2D eigenvalue weighted by Gasteiger charge is -2.13. The van der Waals surface area contributed by atoms with E-state index in [0.29, 0.717) is 5.69 Å². The van der Waals surface area contributed by atoms with Crippen molar-refractivity contribution in [2.45, 2.75) is 6.18 Å². The molecule has 2 amide bonds. The zero-order valence-corrected chi connectivity index (χ0v) is 12.2. The summed E-state index contributed by atoms with van der Waals surface area (Å²) in [6, 6.07) is 12.8. The van der Waals surface area contributed by atoms with Crippen molar-refractivity contribution in [1.29, 1.82) is 0 Å². The molecule has 1 aliphatic heterocycles. The summed E-state index contributed by atoms with van der Waals surface area (Å²) in [6.07, 6.45) is -3.34. The van der Waals surface area contributed by atoms with Gasteiger partial charge in [-0.2, -0.15) is 13.2 Å². The predicted octanol–water partition coefficient (Wildman–Crippen LogP) is 3.17. The quantitative estimate of drug-likeness (QED) is 0.678. The smallest absolute Gasteiger partial charge is 0.267 e. The molecule has 1 aliphatic rings. The molecule has 2 aromatic rings. The lowest BCUT2D eigenvalue weighted by Crippen LogP contribution is -2.35. The number of hydrazine groups is 1. The number of hydrogen-bond donors (Lipinski definition) is 1. The second kappa shape index (κ2) is 5.84. The molecule has 3 rings (SSSR count). The van der Waals surface area contributed by atoms with Crippen LogP contribution in [0.25, 0.3) is 6.08 Å². The van der Waals surface area contributed by atoms with E-state index in [1.807, 2.05) is 0 Å². The molecule has 1 saturated heterocycles. The first-order valence-corrected chi connectivity index (χ1v) is 6.96. The van der Waals surface area contributed by atoms with Crippen LogP contribution in [-0.2, 0) is 15.8 Å². The number of hydrogen-bond acceptors (Lipinski definition) is 2. The number of amides is 2. The van der Waals surface area contributed by atoms with Gasteiger partial charge in [-0.25, -0.2) is 5.01 Å². The average molecular weight is 332 g/mol. The van der Waals surface area contributed by atoms with Crippen molar-refractivity contribution < 1.29 is 22.8 Å². The number of anilines is 1. The molecule has 1 heterocycles. The van der Waals surface area contributed by atoms with Crippen LogP contribution in [0, 0.1) is 0 Å². The summed E-state index contributed by atoms with van der Waals surface area (Å²) in [5.74, 6) is -1.29. The highest BCUT2D eigenvalue weighted by Crippen LogP contribution is 2.30. The first-order valence-electron chi connectivity index (χ1n) is 6.96. The van der Waals surface area contributed by atoms with Gasteiger partial charge in [0.25, 0.3) is 11.8 Å². The Balaban J connectivity index is 1.94. The van der Waals surface area contributed by atoms with Crippen LogP contribution < -0.4 is 10.4 Å². The Hall–Kier alpha value is -3.09. The molecule has 0 atom stereocenters. The minimum Gasteiger partial charge on any atom is -0.267 e. The van der Waals surface area contributed by atoms with Gasteiger partial charge in [-0.3, -0.25) is 15.0 Å². The van der Waals surface area contributed by atoms with E-state index in [-0.39, 0.29) is 11.1 Å². The minimum absolute atomic E-state index is 0.123. The van der Waals surface area contributed by atoms with E-state index < -0.39 is 23.6 Å². The van der Waals surface area contributed by atoms with Crippen LogP contribution in [0.15, 0.2) is 60.2 Å². The first kappa shape index (κ1) is 15.8. The highest BCUT2D eigenvalue weighted by atomic mass is 19.4. The number of para-hydroxylation sites is 1. The van der Waals surface area contributed by atoms with Crippen molar-refractivity contribution in [3.8, 4) is 0 Å². The largest absolute Gasteiger partial charge is 0.416 e. The number of benzene rings is 2. The number of nitrogens with zero attached hydrogens (tertiary/aromatic N) is 1. The molecule has 0 aliphatic carbocycles. The van der Waals surface area contributed by atoms with Crippen LogP contribution in [0.3, 0.4) is 0 Å². The van der Waals surface area contributed by atoms with Gasteiger partial charge < -0.3 is 0 Å². The van der Waals surface area contributed by atoms with Crippen molar-refractivity contribution in [1.82, 2.24) is 5.43 Å². The maximum atomic E-state index is 12.7. The van der Waals surface area contributed by atoms with Crippen LogP contribution in [0.5, 0.6) is 0 Å². The van der Waals surface area contributed by atoms with Crippen LogP contribution in [0.4, 0.5) is 18.9 Å². The summed E-state index contributed by atoms with van der Waals surface area (Å²) in [5, 5.41) is 1.06. The van der Waals surface area contributed by atoms with E-state index in [0.717, 1.165) is 23.2 Å². The van der Waals surface area contributed by atoms with E-state index in [1.165, 1.54) is 12.1 Å². The molecule has 0 bridgehead atoms. The van der Waals surface area contributed by atoms with Crippen LogP contribution in [0.1, 0.15) is 11.1 Å². The third-order valence-electron chi connectivity index (χ3n) is 3.43. The van der Waals surface area contributed by atoms with E-state index in [9.17, 15) is 22.8 Å². The van der Waals surface area contributed by atoms with Gasteiger partial charge in [0.05, 0.1) is 11.3 Å². The van der Waals surface area contributed by atoms with Gasteiger partial charge in [-0.1, -0.05) is 30.3 Å². The monoisotopic (exact) mass is 332 g/mol. The first-order chi connectivity index (χ1) is 11.4. The highest BCUT2D eigenvalue weighted by Gasteiger charge is 2.35. The summed E-state index contributed by atoms with van der Waals surface area (Å²) in [7, 11) is 0. The molecule has 1 fully saturated rings. The molecule has 2 aromatic carbocycles.